The molecule has 0 bridgehead atoms. The summed E-state index contributed by atoms with van der Waals surface area (Å²) in [6.45, 7) is 4.16. The molecule has 2 nitrogen and oxygen atoms in total. The molecule has 1 fully saturated rings. The first kappa shape index (κ1) is 10.5. The molecule has 0 aliphatic heterocycles. The second-order valence-electron chi connectivity index (χ2n) is 4.65. The van der Waals surface area contributed by atoms with Gasteiger partial charge in [0.05, 0.1) is 0 Å². The van der Waals surface area contributed by atoms with Gasteiger partial charge >= 0.3 is 0 Å². The summed E-state index contributed by atoms with van der Waals surface area (Å²) >= 11 is 0. The van der Waals surface area contributed by atoms with E-state index in [2.05, 4.69) is 13.0 Å². The maximum Gasteiger partial charge on any atom is 0.119 e. The van der Waals surface area contributed by atoms with Gasteiger partial charge in [0.25, 0.3) is 0 Å². The molecule has 2 rings (SSSR count). The van der Waals surface area contributed by atoms with Crippen molar-refractivity contribution in [2.45, 2.75) is 44.6 Å². The van der Waals surface area contributed by atoms with Crippen LogP contribution in [0.5, 0.6) is 5.75 Å². The predicted octanol–water partition coefficient (Wildman–Crippen LogP) is 2.33. The quantitative estimate of drug-likeness (QED) is 0.795. The highest BCUT2D eigenvalue weighted by Crippen LogP contribution is 2.53. The van der Waals surface area contributed by atoms with E-state index in [1.165, 1.54) is 5.56 Å². The normalized spacial score (nSPS) is 19.9. The Labute approximate surface area is 91.1 Å². The largest absolute Gasteiger partial charge is 0.508 e. The van der Waals surface area contributed by atoms with Crippen molar-refractivity contribution in [1.29, 1.82) is 0 Å². The zero-order chi connectivity index (χ0) is 11.1. The van der Waals surface area contributed by atoms with Gasteiger partial charge in [0.15, 0.2) is 0 Å². The van der Waals surface area contributed by atoms with Crippen molar-refractivity contribution in [1.82, 2.24) is 0 Å². The van der Waals surface area contributed by atoms with E-state index in [-0.39, 0.29) is 11.5 Å². The van der Waals surface area contributed by atoms with Crippen molar-refractivity contribution in [2.24, 2.45) is 5.73 Å². The molecule has 0 spiro atoms. The van der Waals surface area contributed by atoms with Gasteiger partial charge in [-0.15, -0.1) is 0 Å². The van der Waals surface area contributed by atoms with E-state index in [0.29, 0.717) is 5.75 Å². The Morgan fingerprint density at radius 1 is 1.47 bits per heavy atom. The lowest BCUT2D eigenvalue weighted by Gasteiger charge is -2.21. The minimum Gasteiger partial charge on any atom is -0.508 e. The standard InChI is InChI=1S/C13H19NO/c1-3-10-4-5-12(15)11(8-10)13(6-7-13)9(2)14/h4-5,8-9,15H,3,6-7,14H2,1-2H3. The molecule has 1 aliphatic carbocycles. The van der Waals surface area contributed by atoms with Gasteiger partial charge in [-0.25, -0.2) is 0 Å². The Kier molecular flexibility index (Phi) is 2.47. The number of rotatable bonds is 3. The monoisotopic (exact) mass is 205 g/mol. The zero-order valence-corrected chi connectivity index (χ0v) is 9.46. The Morgan fingerprint density at radius 2 is 2.13 bits per heavy atom. The first-order valence-corrected chi connectivity index (χ1v) is 5.68. The van der Waals surface area contributed by atoms with E-state index in [0.717, 1.165) is 24.8 Å². The molecule has 2 heteroatoms. The van der Waals surface area contributed by atoms with Crippen LogP contribution in [0, 0.1) is 0 Å². The lowest BCUT2D eigenvalue weighted by molar-refractivity contribution is 0.446. The first-order chi connectivity index (χ1) is 7.10. The minimum absolute atomic E-state index is 0.0509. The molecule has 1 unspecified atom stereocenters. The summed E-state index contributed by atoms with van der Waals surface area (Å²) in [4.78, 5) is 0. The molecule has 0 heterocycles. The van der Waals surface area contributed by atoms with Crippen LogP contribution in [-0.2, 0) is 11.8 Å². The summed E-state index contributed by atoms with van der Waals surface area (Å²) in [5.74, 6) is 0.405. The fourth-order valence-corrected chi connectivity index (χ4v) is 2.31. The molecule has 15 heavy (non-hydrogen) atoms. The summed E-state index contributed by atoms with van der Waals surface area (Å²) in [7, 11) is 0. The smallest absolute Gasteiger partial charge is 0.119 e. The van der Waals surface area contributed by atoms with E-state index >= 15 is 0 Å². The van der Waals surface area contributed by atoms with E-state index in [1.54, 1.807) is 6.07 Å². The number of hydrogen-bond acceptors (Lipinski definition) is 2. The number of nitrogens with two attached hydrogens (primary N) is 1. The molecule has 82 valence electrons. The second kappa shape index (κ2) is 3.53. The fraction of sp³-hybridized carbons (Fsp3) is 0.538. The van der Waals surface area contributed by atoms with Crippen molar-refractivity contribution in [2.75, 3.05) is 0 Å². The third-order valence-electron chi connectivity index (χ3n) is 3.67. The molecule has 1 aliphatic rings. The molecule has 1 aromatic carbocycles. The first-order valence-electron chi connectivity index (χ1n) is 5.68. The van der Waals surface area contributed by atoms with Crippen LogP contribution in [0.1, 0.15) is 37.8 Å². The molecule has 0 radical (unpaired) electrons. The highest BCUT2D eigenvalue weighted by molar-refractivity contribution is 5.46. The lowest BCUT2D eigenvalue weighted by atomic mass is 9.87. The van der Waals surface area contributed by atoms with Gasteiger partial charge < -0.3 is 10.8 Å². The average molecular weight is 205 g/mol. The number of hydrogen-bond donors (Lipinski definition) is 2. The number of aryl methyl sites for hydroxylation is 1. The summed E-state index contributed by atoms with van der Waals surface area (Å²) in [6.07, 6.45) is 3.21. The predicted molar refractivity (Wildman–Crippen MR) is 62.0 cm³/mol. The summed E-state index contributed by atoms with van der Waals surface area (Å²) in [5, 5.41) is 9.90. The van der Waals surface area contributed by atoms with Crippen LogP contribution in [0.2, 0.25) is 0 Å². The number of phenolic OH excluding ortho intramolecular Hbond substituents is 1. The molecule has 0 aromatic heterocycles. The lowest BCUT2D eigenvalue weighted by Crippen LogP contribution is -2.31. The summed E-state index contributed by atoms with van der Waals surface area (Å²) < 4.78 is 0. The molecule has 1 atom stereocenters. The van der Waals surface area contributed by atoms with Gasteiger partial charge in [-0.2, -0.15) is 0 Å². The molecule has 1 aromatic rings. The van der Waals surface area contributed by atoms with E-state index in [4.69, 9.17) is 5.73 Å². The zero-order valence-electron chi connectivity index (χ0n) is 9.46. The summed E-state index contributed by atoms with van der Waals surface area (Å²) in [6, 6.07) is 6.02. The van der Waals surface area contributed by atoms with Crippen LogP contribution in [-0.4, -0.2) is 11.1 Å². The molecule has 1 saturated carbocycles. The molecular formula is C13H19NO. The number of phenols is 1. The molecule has 3 N–H and O–H groups in total. The second-order valence-corrected chi connectivity index (χ2v) is 4.65. The van der Waals surface area contributed by atoms with Crippen molar-refractivity contribution in [3.8, 4) is 5.75 Å². The molecule has 0 saturated heterocycles. The van der Waals surface area contributed by atoms with Crippen molar-refractivity contribution < 1.29 is 5.11 Å². The van der Waals surface area contributed by atoms with E-state index in [9.17, 15) is 5.11 Å². The molecule has 0 amide bonds. The van der Waals surface area contributed by atoms with Crippen LogP contribution in [0.3, 0.4) is 0 Å². The van der Waals surface area contributed by atoms with Crippen molar-refractivity contribution >= 4 is 0 Å². The maximum absolute atomic E-state index is 9.90. The van der Waals surface area contributed by atoms with Gasteiger partial charge in [0.2, 0.25) is 0 Å². The van der Waals surface area contributed by atoms with Crippen LogP contribution in [0.25, 0.3) is 0 Å². The Morgan fingerprint density at radius 3 is 2.60 bits per heavy atom. The third kappa shape index (κ3) is 1.63. The highest BCUT2D eigenvalue weighted by atomic mass is 16.3. The van der Waals surface area contributed by atoms with E-state index < -0.39 is 0 Å². The van der Waals surface area contributed by atoms with Gasteiger partial charge in [0.1, 0.15) is 5.75 Å². The van der Waals surface area contributed by atoms with Gasteiger partial charge in [-0.1, -0.05) is 19.1 Å². The third-order valence-corrected chi connectivity index (χ3v) is 3.67. The van der Waals surface area contributed by atoms with Gasteiger partial charge in [0, 0.05) is 17.0 Å². The van der Waals surface area contributed by atoms with Crippen LogP contribution < -0.4 is 5.73 Å². The fourth-order valence-electron chi connectivity index (χ4n) is 2.31. The maximum atomic E-state index is 9.90. The van der Waals surface area contributed by atoms with E-state index in [1.807, 2.05) is 13.0 Å². The van der Waals surface area contributed by atoms with Crippen molar-refractivity contribution in [3.05, 3.63) is 29.3 Å². The van der Waals surface area contributed by atoms with Crippen LogP contribution in [0.4, 0.5) is 0 Å². The minimum atomic E-state index is 0.0509. The van der Waals surface area contributed by atoms with Crippen molar-refractivity contribution in [3.63, 3.8) is 0 Å². The number of benzene rings is 1. The number of aromatic hydroxyl groups is 1. The summed E-state index contributed by atoms with van der Waals surface area (Å²) in [5.41, 5.74) is 8.39. The van der Waals surface area contributed by atoms with Crippen LogP contribution in [0.15, 0.2) is 18.2 Å². The van der Waals surface area contributed by atoms with Gasteiger partial charge in [-0.05, 0) is 37.8 Å². The average Bonchev–Trinajstić information content (AvgIpc) is 2.99. The Hall–Kier alpha value is -1.02. The molecular weight excluding hydrogens is 186 g/mol. The SMILES string of the molecule is CCc1ccc(O)c(C2(C(C)N)CC2)c1. The topological polar surface area (TPSA) is 46.2 Å². The van der Waals surface area contributed by atoms with Crippen LogP contribution >= 0.6 is 0 Å². The highest BCUT2D eigenvalue weighted by Gasteiger charge is 2.48. The Balaban J connectivity index is 2.43. The Bertz CT molecular complexity index is 367. The van der Waals surface area contributed by atoms with Gasteiger partial charge in [-0.3, -0.25) is 0 Å².